The molecule has 1 aliphatic carbocycles. The molecule has 314 valence electrons. The van der Waals surface area contributed by atoms with Crippen LogP contribution in [0.25, 0.3) is 77.2 Å². The van der Waals surface area contributed by atoms with Gasteiger partial charge in [0.25, 0.3) is 0 Å². The van der Waals surface area contributed by atoms with Crippen molar-refractivity contribution in [3.05, 3.63) is 283 Å². The molecular weight excluding hydrogens is 811 g/mol. The standard InChI is InChI=1S/C65H43NO/c1-6-20-44(21-7-1)45-34-36-50(37-35-45)66(51-38-39-55-54-31-18-19-33-60(54)65(61(55)42-51,48-26-12-4-13-27-48)49-28-14-5-15-29-49)62-52(46-22-8-2-9-23-46)40-41-57-59-43-58(47-24-10-3-11-25-47)53-30-16-17-32-56(53)63(59)67-64(57)62/h1-43H. The van der Waals surface area contributed by atoms with E-state index in [1.54, 1.807) is 0 Å². The first-order valence-corrected chi connectivity index (χ1v) is 23.1. The van der Waals surface area contributed by atoms with Crippen LogP contribution in [0.2, 0.25) is 0 Å². The van der Waals surface area contributed by atoms with Gasteiger partial charge in [-0.1, -0.05) is 224 Å². The highest BCUT2D eigenvalue weighted by Gasteiger charge is 2.46. The molecule has 12 aromatic rings. The van der Waals surface area contributed by atoms with Crippen LogP contribution >= 0.6 is 0 Å². The molecule has 0 saturated carbocycles. The summed E-state index contributed by atoms with van der Waals surface area (Å²) in [6.45, 7) is 0. The Kier molecular flexibility index (Phi) is 9.11. The maximum absolute atomic E-state index is 7.45. The first kappa shape index (κ1) is 38.7. The van der Waals surface area contributed by atoms with Crippen LogP contribution in [-0.2, 0) is 5.41 Å². The fourth-order valence-corrected chi connectivity index (χ4v) is 11.0. The molecule has 0 N–H and O–H groups in total. The monoisotopic (exact) mass is 853 g/mol. The molecule has 0 bridgehead atoms. The van der Waals surface area contributed by atoms with Crippen LogP contribution in [0.1, 0.15) is 22.3 Å². The van der Waals surface area contributed by atoms with Crippen molar-refractivity contribution >= 4 is 49.8 Å². The molecule has 2 heteroatoms. The molecule has 2 nitrogen and oxygen atoms in total. The van der Waals surface area contributed by atoms with Gasteiger partial charge in [-0.15, -0.1) is 0 Å². The van der Waals surface area contributed by atoms with E-state index in [4.69, 9.17) is 4.42 Å². The van der Waals surface area contributed by atoms with Gasteiger partial charge in [0.2, 0.25) is 0 Å². The van der Waals surface area contributed by atoms with Crippen LogP contribution in [0.3, 0.4) is 0 Å². The minimum Gasteiger partial charge on any atom is -0.453 e. The van der Waals surface area contributed by atoms with Crippen molar-refractivity contribution in [3.63, 3.8) is 0 Å². The zero-order valence-electron chi connectivity index (χ0n) is 36.7. The third-order valence-corrected chi connectivity index (χ3v) is 13.9. The molecule has 0 aliphatic heterocycles. The van der Waals surface area contributed by atoms with Crippen LogP contribution in [0.4, 0.5) is 17.1 Å². The van der Waals surface area contributed by atoms with Crippen molar-refractivity contribution < 1.29 is 4.42 Å². The number of furan rings is 1. The number of rotatable bonds is 8. The van der Waals surface area contributed by atoms with Crippen molar-refractivity contribution in [2.45, 2.75) is 5.41 Å². The highest BCUT2D eigenvalue weighted by molar-refractivity contribution is 6.22. The molecule has 1 aromatic heterocycles. The van der Waals surface area contributed by atoms with Gasteiger partial charge in [0.1, 0.15) is 5.58 Å². The third kappa shape index (κ3) is 6.11. The Bertz CT molecular complexity index is 3730. The molecule has 0 fully saturated rings. The SMILES string of the molecule is c1ccc(-c2ccc(N(c3ccc4c(c3)C(c3ccccc3)(c3ccccc3)c3ccccc3-4)c3c(-c4ccccc4)ccc4c3oc3c5ccccc5c(-c5ccccc5)cc43)cc2)cc1. The van der Waals surface area contributed by atoms with Crippen molar-refractivity contribution in [2.24, 2.45) is 0 Å². The highest BCUT2D eigenvalue weighted by Crippen LogP contribution is 2.58. The van der Waals surface area contributed by atoms with Gasteiger partial charge < -0.3 is 9.32 Å². The number of anilines is 3. The second-order valence-corrected chi connectivity index (χ2v) is 17.5. The topological polar surface area (TPSA) is 16.4 Å². The van der Waals surface area contributed by atoms with E-state index in [1.807, 2.05) is 0 Å². The van der Waals surface area contributed by atoms with E-state index in [-0.39, 0.29) is 0 Å². The summed E-state index contributed by atoms with van der Waals surface area (Å²) in [5.74, 6) is 0. The molecule has 0 saturated heterocycles. The Morgan fingerprint density at radius 1 is 0.284 bits per heavy atom. The fraction of sp³-hybridized carbons (Fsp3) is 0.0154. The minimum atomic E-state index is -0.576. The molecule has 13 rings (SSSR count). The van der Waals surface area contributed by atoms with E-state index in [0.717, 1.165) is 66.5 Å². The molecule has 0 spiro atoms. The smallest absolute Gasteiger partial charge is 0.160 e. The molecule has 0 atom stereocenters. The first-order valence-electron chi connectivity index (χ1n) is 23.1. The maximum Gasteiger partial charge on any atom is 0.160 e. The summed E-state index contributed by atoms with van der Waals surface area (Å²) in [6.07, 6.45) is 0. The van der Waals surface area contributed by atoms with Crippen LogP contribution < -0.4 is 4.90 Å². The summed E-state index contributed by atoms with van der Waals surface area (Å²) >= 11 is 0. The van der Waals surface area contributed by atoms with Crippen LogP contribution in [0.15, 0.2) is 265 Å². The number of fused-ring (bicyclic) bond motifs is 8. The largest absolute Gasteiger partial charge is 0.453 e. The molecule has 0 amide bonds. The van der Waals surface area contributed by atoms with Crippen molar-refractivity contribution in [1.82, 2.24) is 0 Å². The third-order valence-electron chi connectivity index (χ3n) is 13.9. The Morgan fingerprint density at radius 2 is 0.761 bits per heavy atom. The van der Waals surface area contributed by atoms with Crippen LogP contribution in [-0.4, -0.2) is 0 Å². The average molecular weight is 854 g/mol. The lowest BCUT2D eigenvalue weighted by atomic mass is 9.67. The van der Waals surface area contributed by atoms with E-state index < -0.39 is 5.41 Å². The summed E-state index contributed by atoms with van der Waals surface area (Å²) in [5.41, 5.74) is 18.5. The van der Waals surface area contributed by atoms with Crippen molar-refractivity contribution in [2.75, 3.05) is 4.90 Å². The first-order chi connectivity index (χ1) is 33.3. The van der Waals surface area contributed by atoms with E-state index >= 15 is 0 Å². The summed E-state index contributed by atoms with van der Waals surface area (Å²) in [7, 11) is 0. The number of hydrogen-bond acceptors (Lipinski definition) is 2. The van der Waals surface area contributed by atoms with Gasteiger partial charge >= 0.3 is 0 Å². The Hall–Kier alpha value is -8.72. The quantitative estimate of drug-likeness (QED) is 0.151. The Labute approximate surface area is 390 Å². The highest BCUT2D eigenvalue weighted by atomic mass is 16.3. The van der Waals surface area contributed by atoms with E-state index in [9.17, 15) is 0 Å². The van der Waals surface area contributed by atoms with Gasteiger partial charge in [-0.25, -0.2) is 0 Å². The predicted molar refractivity (Wildman–Crippen MR) is 280 cm³/mol. The molecular formula is C65H43NO. The van der Waals surface area contributed by atoms with E-state index in [2.05, 4.69) is 266 Å². The summed E-state index contributed by atoms with van der Waals surface area (Å²) in [4.78, 5) is 2.45. The van der Waals surface area contributed by atoms with E-state index in [0.29, 0.717) is 0 Å². The lowest BCUT2D eigenvalue weighted by molar-refractivity contribution is 0.673. The predicted octanol–water partition coefficient (Wildman–Crippen LogP) is 17.6. The summed E-state index contributed by atoms with van der Waals surface area (Å²) < 4.78 is 7.45. The molecule has 1 heterocycles. The molecule has 0 unspecified atom stereocenters. The Morgan fingerprint density at radius 3 is 1.42 bits per heavy atom. The number of nitrogens with zero attached hydrogens (tertiary/aromatic N) is 1. The average Bonchev–Trinajstić information content (AvgIpc) is 3.94. The van der Waals surface area contributed by atoms with Gasteiger partial charge in [0.05, 0.1) is 11.1 Å². The van der Waals surface area contributed by atoms with Crippen molar-refractivity contribution in [3.8, 4) is 44.5 Å². The lowest BCUT2D eigenvalue weighted by Crippen LogP contribution is -2.28. The van der Waals surface area contributed by atoms with Gasteiger partial charge in [0, 0.05) is 33.1 Å². The fourth-order valence-electron chi connectivity index (χ4n) is 11.0. The minimum absolute atomic E-state index is 0.576. The molecule has 67 heavy (non-hydrogen) atoms. The molecule has 0 radical (unpaired) electrons. The van der Waals surface area contributed by atoms with Gasteiger partial charge in [-0.05, 0) is 103 Å². The zero-order valence-corrected chi connectivity index (χ0v) is 36.7. The lowest BCUT2D eigenvalue weighted by Gasteiger charge is -2.35. The zero-order chi connectivity index (χ0) is 44.3. The normalized spacial score (nSPS) is 12.6. The summed E-state index contributed by atoms with van der Waals surface area (Å²) in [6, 6.07) is 94.9. The van der Waals surface area contributed by atoms with Gasteiger partial charge in [0.15, 0.2) is 5.58 Å². The van der Waals surface area contributed by atoms with Crippen LogP contribution in [0, 0.1) is 0 Å². The number of benzene rings is 11. The molecule has 1 aliphatic rings. The van der Waals surface area contributed by atoms with Gasteiger partial charge in [-0.2, -0.15) is 0 Å². The number of hydrogen-bond donors (Lipinski definition) is 0. The summed E-state index contributed by atoms with van der Waals surface area (Å²) in [5, 5.41) is 4.40. The van der Waals surface area contributed by atoms with E-state index in [1.165, 1.54) is 50.1 Å². The van der Waals surface area contributed by atoms with Crippen molar-refractivity contribution in [1.29, 1.82) is 0 Å². The van der Waals surface area contributed by atoms with Gasteiger partial charge in [-0.3, -0.25) is 0 Å². The Balaban J connectivity index is 1.14. The molecule has 11 aromatic carbocycles. The maximum atomic E-state index is 7.45. The van der Waals surface area contributed by atoms with Crippen LogP contribution in [0.5, 0.6) is 0 Å². The second-order valence-electron chi connectivity index (χ2n) is 17.5. The second kappa shape index (κ2) is 15.8.